The largest absolute Gasteiger partial charge is 0.489 e. The van der Waals surface area contributed by atoms with Crippen molar-refractivity contribution in [3.63, 3.8) is 0 Å². The molecule has 268 valence electrons. The molecule has 0 fully saturated rings. The van der Waals surface area contributed by atoms with E-state index in [-0.39, 0.29) is 24.4 Å². The summed E-state index contributed by atoms with van der Waals surface area (Å²) in [5.41, 5.74) is 7.00. The maximum Gasteiger partial charge on any atom is 0.328 e. The number of methoxy groups -OCH3 is 1. The predicted octanol–water partition coefficient (Wildman–Crippen LogP) is 8.09. The van der Waals surface area contributed by atoms with Crippen LogP contribution in [0.15, 0.2) is 109 Å². The average Bonchev–Trinajstić information content (AvgIpc) is 3.17. The van der Waals surface area contributed by atoms with Crippen LogP contribution in [0.3, 0.4) is 0 Å². The highest BCUT2D eigenvalue weighted by Gasteiger charge is 2.31. The van der Waals surface area contributed by atoms with Crippen LogP contribution in [0.4, 0.5) is 0 Å². The van der Waals surface area contributed by atoms with Gasteiger partial charge in [0.25, 0.3) is 0 Å². The monoisotopic (exact) mass is 758 g/mol. The SMILES string of the molecule is COC(=O)[C@H](Cc1ccc(-c2ccccc2)cc1)NC(=O)C1Cc2cc3c(cc2CN1)O[C@@H](c1ccc(OCc2ccc(Cl)c(Cl)c2)cc1)CO3.Cl. The molecule has 1 amide bonds. The van der Waals surface area contributed by atoms with Gasteiger partial charge in [-0.1, -0.05) is 96.0 Å². The lowest BCUT2D eigenvalue weighted by Crippen LogP contribution is -2.53. The third kappa shape index (κ3) is 8.65. The molecule has 1 unspecified atom stereocenters. The summed E-state index contributed by atoms with van der Waals surface area (Å²) in [5.74, 6) is 1.25. The van der Waals surface area contributed by atoms with Gasteiger partial charge in [0.2, 0.25) is 5.91 Å². The summed E-state index contributed by atoms with van der Waals surface area (Å²) >= 11 is 12.1. The second-order valence-electron chi connectivity index (χ2n) is 12.6. The zero-order chi connectivity index (χ0) is 35.3. The Morgan fingerprint density at radius 3 is 2.29 bits per heavy atom. The van der Waals surface area contributed by atoms with E-state index in [4.69, 9.17) is 42.1 Å². The smallest absolute Gasteiger partial charge is 0.328 e. The van der Waals surface area contributed by atoms with E-state index in [9.17, 15) is 9.59 Å². The lowest BCUT2D eigenvalue weighted by molar-refractivity contribution is -0.145. The number of benzene rings is 5. The van der Waals surface area contributed by atoms with Crippen molar-refractivity contribution < 1.29 is 28.5 Å². The van der Waals surface area contributed by atoms with Gasteiger partial charge in [0.15, 0.2) is 17.6 Å². The van der Waals surface area contributed by atoms with Gasteiger partial charge in [0.1, 0.15) is 25.0 Å². The molecule has 0 bridgehead atoms. The fraction of sp³-hybridized carbons (Fsp3) is 0.220. The number of hydrogen-bond acceptors (Lipinski definition) is 7. The minimum Gasteiger partial charge on any atom is -0.489 e. The molecule has 2 heterocycles. The Balaban J connectivity index is 0.00000464. The molecule has 0 saturated carbocycles. The third-order valence-corrected chi connectivity index (χ3v) is 9.89. The molecule has 0 spiro atoms. The number of fused-ring (bicyclic) bond motifs is 2. The maximum atomic E-state index is 13.5. The lowest BCUT2D eigenvalue weighted by Gasteiger charge is -2.31. The molecule has 11 heteroatoms. The van der Waals surface area contributed by atoms with Crippen LogP contribution < -0.4 is 24.8 Å². The summed E-state index contributed by atoms with van der Waals surface area (Å²) in [7, 11) is 1.33. The molecule has 5 aromatic rings. The minimum atomic E-state index is -0.825. The van der Waals surface area contributed by atoms with E-state index in [1.165, 1.54) is 7.11 Å². The molecule has 0 radical (unpaired) electrons. The van der Waals surface area contributed by atoms with Crippen molar-refractivity contribution in [2.24, 2.45) is 0 Å². The van der Waals surface area contributed by atoms with Crippen LogP contribution in [0.25, 0.3) is 11.1 Å². The molecule has 8 nitrogen and oxygen atoms in total. The summed E-state index contributed by atoms with van der Waals surface area (Å²) in [5, 5.41) is 7.25. The molecule has 0 aromatic heterocycles. The molecule has 2 N–H and O–H groups in total. The number of carbonyl (C=O) groups excluding carboxylic acids is 2. The maximum absolute atomic E-state index is 13.5. The summed E-state index contributed by atoms with van der Waals surface area (Å²) in [6.45, 7) is 1.16. The molecule has 0 aliphatic carbocycles. The fourth-order valence-corrected chi connectivity index (χ4v) is 6.63. The van der Waals surface area contributed by atoms with Gasteiger partial charge in [-0.25, -0.2) is 4.79 Å². The van der Waals surface area contributed by atoms with Gasteiger partial charge in [-0.2, -0.15) is 0 Å². The minimum absolute atomic E-state index is 0. The molecular weight excluding hydrogens is 723 g/mol. The van der Waals surface area contributed by atoms with Gasteiger partial charge >= 0.3 is 5.97 Å². The van der Waals surface area contributed by atoms with E-state index < -0.39 is 18.1 Å². The Hall–Kier alpha value is -4.73. The van der Waals surface area contributed by atoms with Crippen molar-refractivity contribution in [3.05, 3.63) is 147 Å². The van der Waals surface area contributed by atoms with Crippen LogP contribution in [0.1, 0.15) is 33.9 Å². The molecular formula is C41H37Cl3N2O6. The van der Waals surface area contributed by atoms with Crippen molar-refractivity contribution in [2.75, 3.05) is 13.7 Å². The number of rotatable bonds is 10. The lowest BCUT2D eigenvalue weighted by atomic mass is 9.94. The summed E-state index contributed by atoms with van der Waals surface area (Å²) in [6, 6.07) is 33.8. The van der Waals surface area contributed by atoms with Crippen LogP contribution in [0.2, 0.25) is 10.0 Å². The number of carbonyl (C=O) groups is 2. The normalized spacial score (nSPS) is 16.4. The zero-order valence-electron chi connectivity index (χ0n) is 28.3. The van der Waals surface area contributed by atoms with Gasteiger partial charge in [0, 0.05) is 13.0 Å². The highest BCUT2D eigenvalue weighted by Crippen LogP contribution is 2.40. The Kier molecular flexibility index (Phi) is 11.9. The van der Waals surface area contributed by atoms with Crippen molar-refractivity contribution in [1.29, 1.82) is 0 Å². The van der Waals surface area contributed by atoms with E-state index in [0.717, 1.165) is 44.7 Å². The van der Waals surface area contributed by atoms with E-state index >= 15 is 0 Å². The van der Waals surface area contributed by atoms with E-state index in [2.05, 4.69) is 10.6 Å². The number of ether oxygens (including phenoxy) is 4. The highest BCUT2D eigenvalue weighted by molar-refractivity contribution is 6.42. The quantitative estimate of drug-likeness (QED) is 0.139. The molecule has 7 rings (SSSR count). The van der Waals surface area contributed by atoms with Crippen molar-refractivity contribution in [3.8, 4) is 28.4 Å². The predicted molar refractivity (Wildman–Crippen MR) is 204 cm³/mol. The first-order valence-electron chi connectivity index (χ1n) is 16.7. The Bertz CT molecular complexity index is 2030. The van der Waals surface area contributed by atoms with Crippen molar-refractivity contribution in [2.45, 2.75) is 44.2 Å². The summed E-state index contributed by atoms with van der Waals surface area (Å²) < 4.78 is 23.5. The number of amides is 1. The topological polar surface area (TPSA) is 95.1 Å². The van der Waals surface area contributed by atoms with Gasteiger partial charge in [-0.15, -0.1) is 12.4 Å². The van der Waals surface area contributed by atoms with Crippen LogP contribution in [-0.2, 0) is 40.3 Å². The second-order valence-corrected chi connectivity index (χ2v) is 13.4. The molecule has 3 atom stereocenters. The zero-order valence-corrected chi connectivity index (χ0v) is 30.6. The van der Waals surface area contributed by atoms with Crippen molar-refractivity contribution >= 4 is 47.5 Å². The standard InChI is InChI=1S/C41H36Cl2N2O6.ClH/c1-48-41(47)36(18-25-7-10-28(11-8-25)27-5-3-2-4-6-27)45-40(46)35-19-30-20-37-38(21-31(30)22-44-35)51-39(24-50-37)29-12-14-32(15-13-29)49-23-26-9-16-33(42)34(43)17-26;/h2-17,20-21,35-36,39,44H,18-19,22-24H2,1H3,(H,45,46);1H/t35?,36-,39+;/m0./s1. The Labute approximate surface area is 318 Å². The first kappa shape index (κ1) is 37.0. The van der Waals surface area contributed by atoms with Gasteiger partial charge in [0.05, 0.1) is 23.2 Å². The summed E-state index contributed by atoms with van der Waals surface area (Å²) in [6.07, 6.45) is 0.454. The molecule has 2 aliphatic heterocycles. The first-order valence-corrected chi connectivity index (χ1v) is 17.5. The number of hydrogen-bond donors (Lipinski definition) is 2. The number of esters is 1. The Morgan fingerprint density at radius 1 is 0.846 bits per heavy atom. The third-order valence-electron chi connectivity index (χ3n) is 9.15. The first-order chi connectivity index (χ1) is 24.8. The van der Waals surface area contributed by atoms with Gasteiger partial charge in [-0.05, 0) is 81.8 Å². The van der Waals surface area contributed by atoms with E-state index in [0.29, 0.717) is 54.1 Å². The molecule has 2 aliphatic rings. The number of halogens is 3. The fourth-order valence-electron chi connectivity index (χ4n) is 6.31. The van der Waals surface area contributed by atoms with Crippen LogP contribution in [0, 0.1) is 0 Å². The van der Waals surface area contributed by atoms with Gasteiger partial charge in [-0.3, -0.25) is 4.79 Å². The average molecular weight is 760 g/mol. The van der Waals surface area contributed by atoms with Gasteiger partial charge < -0.3 is 29.6 Å². The molecule has 52 heavy (non-hydrogen) atoms. The van der Waals surface area contributed by atoms with E-state index in [1.807, 2.05) is 97.1 Å². The Morgan fingerprint density at radius 2 is 1.56 bits per heavy atom. The second kappa shape index (κ2) is 16.7. The summed E-state index contributed by atoms with van der Waals surface area (Å²) in [4.78, 5) is 26.2. The van der Waals surface area contributed by atoms with E-state index in [1.54, 1.807) is 12.1 Å². The van der Waals surface area contributed by atoms with Crippen LogP contribution in [-0.4, -0.2) is 37.7 Å². The van der Waals surface area contributed by atoms with Crippen molar-refractivity contribution in [1.82, 2.24) is 10.6 Å². The van der Waals surface area contributed by atoms with Crippen LogP contribution in [0.5, 0.6) is 17.2 Å². The molecule has 5 aromatic carbocycles. The number of nitrogens with one attached hydrogen (secondary N) is 2. The highest BCUT2D eigenvalue weighted by atomic mass is 35.5. The van der Waals surface area contributed by atoms with Crippen LogP contribution >= 0.6 is 35.6 Å². The molecule has 0 saturated heterocycles.